The van der Waals surface area contributed by atoms with Crippen molar-refractivity contribution < 1.29 is 23.9 Å². The summed E-state index contributed by atoms with van der Waals surface area (Å²) in [4.78, 5) is 39.2. The van der Waals surface area contributed by atoms with Gasteiger partial charge in [0.05, 0.1) is 12.2 Å². The number of benzene rings is 3. The highest BCUT2D eigenvalue weighted by atomic mass is 16.5. The highest BCUT2D eigenvalue weighted by molar-refractivity contribution is 5.99. The monoisotopic (exact) mass is 499 g/mol. The Hall–Kier alpha value is -4.72. The number of ether oxygens (including phenoxy) is 2. The summed E-state index contributed by atoms with van der Waals surface area (Å²) in [5.41, 5.74) is 8.34. The standard InChI is InChI=1S/C29H29N3O5/c1-3-36-26(33)19-32(18-22-7-5-4-6-8-22)28(34)20(2)17-21-9-11-24(12-10-21)29(35)37-25-15-13-23(14-16-25)27(30)31/h4-17H,3,18-19H2,1-2H3,(H3,30,31)/b20-17+. The molecule has 0 aromatic heterocycles. The minimum absolute atomic E-state index is 0.0700. The van der Waals surface area contributed by atoms with Gasteiger partial charge in [0.15, 0.2) is 0 Å². The Morgan fingerprint density at radius 1 is 0.919 bits per heavy atom. The van der Waals surface area contributed by atoms with Gasteiger partial charge in [-0.25, -0.2) is 4.79 Å². The van der Waals surface area contributed by atoms with Crippen LogP contribution in [0.4, 0.5) is 0 Å². The number of nitrogens with one attached hydrogen (secondary N) is 1. The van der Waals surface area contributed by atoms with Crippen molar-refractivity contribution in [3.8, 4) is 5.75 Å². The molecule has 1 amide bonds. The van der Waals surface area contributed by atoms with E-state index in [0.29, 0.717) is 28.0 Å². The van der Waals surface area contributed by atoms with Gasteiger partial charge >= 0.3 is 11.9 Å². The topological polar surface area (TPSA) is 123 Å². The first-order chi connectivity index (χ1) is 17.8. The van der Waals surface area contributed by atoms with E-state index in [4.69, 9.17) is 20.6 Å². The van der Waals surface area contributed by atoms with Crippen molar-refractivity contribution in [1.82, 2.24) is 4.90 Å². The van der Waals surface area contributed by atoms with Gasteiger partial charge in [-0.1, -0.05) is 42.5 Å². The Morgan fingerprint density at radius 2 is 1.54 bits per heavy atom. The van der Waals surface area contributed by atoms with Crippen molar-refractivity contribution in [2.75, 3.05) is 13.2 Å². The molecular formula is C29H29N3O5. The number of amides is 1. The lowest BCUT2D eigenvalue weighted by atomic mass is 10.1. The fraction of sp³-hybridized carbons (Fsp3) is 0.172. The maximum Gasteiger partial charge on any atom is 0.343 e. The Kier molecular flexibility index (Phi) is 9.32. The highest BCUT2D eigenvalue weighted by Gasteiger charge is 2.20. The van der Waals surface area contributed by atoms with E-state index in [2.05, 4.69) is 0 Å². The molecule has 3 N–H and O–H groups in total. The molecule has 0 spiro atoms. The van der Waals surface area contributed by atoms with Crippen LogP contribution < -0.4 is 10.5 Å². The summed E-state index contributed by atoms with van der Waals surface area (Å²) in [5, 5.41) is 7.42. The quantitative estimate of drug-likeness (QED) is 0.142. The van der Waals surface area contributed by atoms with Gasteiger partial charge in [0.25, 0.3) is 0 Å². The fourth-order valence-corrected chi connectivity index (χ4v) is 3.51. The van der Waals surface area contributed by atoms with Crippen LogP contribution in [0.15, 0.2) is 84.4 Å². The first kappa shape index (κ1) is 26.9. The average molecular weight is 500 g/mol. The molecule has 8 nitrogen and oxygen atoms in total. The SMILES string of the molecule is CCOC(=O)CN(Cc1ccccc1)C(=O)/C(C)=C/c1ccc(C(=O)Oc2ccc(C(=N)N)cc2)cc1. The van der Waals surface area contributed by atoms with Gasteiger partial charge in [-0.05, 0) is 67.4 Å². The van der Waals surface area contributed by atoms with Crippen LogP contribution in [0.25, 0.3) is 6.08 Å². The molecule has 0 fully saturated rings. The Balaban J connectivity index is 1.70. The zero-order valence-electron chi connectivity index (χ0n) is 20.8. The maximum absolute atomic E-state index is 13.2. The summed E-state index contributed by atoms with van der Waals surface area (Å²) in [5.74, 6) is -1.05. The normalized spacial score (nSPS) is 10.9. The molecular weight excluding hydrogens is 470 g/mol. The maximum atomic E-state index is 13.2. The molecule has 0 saturated heterocycles. The van der Waals surface area contributed by atoms with Crippen molar-refractivity contribution in [3.63, 3.8) is 0 Å². The number of esters is 2. The predicted molar refractivity (Wildman–Crippen MR) is 141 cm³/mol. The number of nitrogens with two attached hydrogens (primary N) is 1. The largest absolute Gasteiger partial charge is 0.465 e. The van der Waals surface area contributed by atoms with E-state index >= 15 is 0 Å². The van der Waals surface area contributed by atoms with Gasteiger partial charge in [-0.3, -0.25) is 15.0 Å². The van der Waals surface area contributed by atoms with E-state index in [1.807, 2.05) is 30.3 Å². The van der Waals surface area contributed by atoms with Crippen LogP contribution in [0, 0.1) is 5.41 Å². The first-order valence-electron chi connectivity index (χ1n) is 11.7. The van der Waals surface area contributed by atoms with Gasteiger partial charge in [-0.15, -0.1) is 0 Å². The Bertz CT molecular complexity index is 1280. The number of hydrogen-bond donors (Lipinski definition) is 2. The molecule has 0 bridgehead atoms. The van der Waals surface area contributed by atoms with E-state index in [1.54, 1.807) is 68.5 Å². The van der Waals surface area contributed by atoms with Crippen LogP contribution in [0.3, 0.4) is 0 Å². The van der Waals surface area contributed by atoms with Crippen molar-refractivity contribution in [3.05, 3.63) is 107 Å². The van der Waals surface area contributed by atoms with Crippen molar-refractivity contribution in [2.24, 2.45) is 5.73 Å². The molecule has 8 heteroatoms. The Morgan fingerprint density at radius 3 is 2.14 bits per heavy atom. The van der Waals surface area contributed by atoms with Crippen molar-refractivity contribution in [2.45, 2.75) is 20.4 Å². The van der Waals surface area contributed by atoms with Gasteiger partial charge in [0, 0.05) is 17.7 Å². The Labute approximate surface area is 215 Å². The van der Waals surface area contributed by atoms with Gasteiger partial charge < -0.3 is 20.1 Å². The predicted octanol–water partition coefficient (Wildman–Crippen LogP) is 4.19. The highest BCUT2D eigenvalue weighted by Crippen LogP contribution is 2.17. The zero-order valence-corrected chi connectivity index (χ0v) is 20.8. The van der Waals surface area contributed by atoms with Crippen LogP contribution in [-0.4, -0.2) is 41.7 Å². The molecule has 0 aliphatic rings. The van der Waals surface area contributed by atoms with Crippen LogP contribution in [0.1, 0.15) is 40.9 Å². The molecule has 37 heavy (non-hydrogen) atoms. The molecule has 0 aliphatic carbocycles. The number of carbonyl (C=O) groups is 3. The second kappa shape index (κ2) is 12.8. The molecule has 0 radical (unpaired) electrons. The number of rotatable bonds is 10. The van der Waals surface area contributed by atoms with Crippen LogP contribution in [0.5, 0.6) is 5.75 Å². The van der Waals surface area contributed by atoms with Gasteiger partial charge in [-0.2, -0.15) is 0 Å². The van der Waals surface area contributed by atoms with E-state index < -0.39 is 11.9 Å². The van der Waals surface area contributed by atoms with Crippen molar-refractivity contribution >= 4 is 29.8 Å². The lowest BCUT2D eigenvalue weighted by Crippen LogP contribution is -2.36. The lowest BCUT2D eigenvalue weighted by Gasteiger charge is -2.22. The number of nitrogens with zero attached hydrogens (tertiary/aromatic N) is 1. The van der Waals surface area contributed by atoms with Crippen LogP contribution in [-0.2, 0) is 20.9 Å². The third kappa shape index (κ3) is 7.90. The summed E-state index contributed by atoms with van der Waals surface area (Å²) in [6.07, 6.45) is 1.70. The molecule has 0 aliphatic heterocycles. The lowest BCUT2D eigenvalue weighted by molar-refractivity contribution is -0.148. The van der Waals surface area contributed by atoms with Crippen LogP contribution >= 0.6 is 0 Å². The molecule has 0 saturated carbocycles. The van der Waals surface area contributed by atoms with Gasteiger partial charge in [0.1, 0.15) is 18.1 Å². The smallest absolute Gasteiger partial charge is 0.343 e. The summed E-state index contributed by atoms with van der Waals surface area (Å²) >= 11 is 0. The summed E-state index contributed by atoms with van der Waals surface area (Å²) in [6.45, 7) is 3.74. The van der Waals surface area contributed by atoms with E-state index in [1.165, 1.54) is 4.90 Å². The third-order valence-corrected chi connectivity index (χ3v) is 5.37. The summed E-state index contributed by atoms with van der Waals surface area (Å²) in [7, 11) is 0. The molecule has 3 rings (SSSR count). The molecule has 0 unspecified atom stereocenters. The number of carbonyl (C=O) groups excluding carboxylic acids is 3. The second-order valence-electron chi connectivity index (χ2n) is 8.23. The average Bonchev–Trinajstić information content (AvgIpc) is 2.89. The third-order valence-electron chi connectivity index (χ3n) is 5.37. The van der Waals surface area contributed by atoms with Gasteiger partial charge in [0.2, 0.25) is 5.91 Å². The number of amidine groups is 1. The molecule has 190 valence electrons. The molecule has 3 aromatic carbocycles. The number of hydrogen-bond acceptors (Lipinski definition) is 6. The second-order valence-corrected chi connectivity index (χ2v) is 8.23. The zero-order chi connectivity index (χ0) is 26.8. The van der Waals surface area contributed by atoms with Crippen molar-refractivity contribution in [1.29, 1.82) is 5.41 Å². The van der Waals surface area contributed by atoms with Crippen LogP contribution in [0.2, 0.25) is 0 Å². The molecule has 0 atom stereocenters. The van der Waals surface area contributed by atoms with E-state index in [0.717, 1.165) is 5.56 Å². The molecule has 0 heterocycles. The van der Waals surface area contributed by atoms with E-state index in [-0.39, 0.29) is 31.4 Å². The minimum atomic E-state index is -0.539. The fourth-order valence-electron chi connectivity index (χ4n) is 3.51. The summed E-state index contributed by atoms with van der Waals surface area (Å²) < 4.78 is 10.4. The minimum Gasteiger partial charge on any atom is -0.465 e. The molecule has 3 aromatic rings. The first-order valence-corrected chi connectivity index (χ1v) is 11.7. The van der Waals surface area contributed by atoms with E-state index in [9.17, 15) is 14.4 Å². The summed E-state index contributed by atoms with van der Waals surface area (Å²) in [6, 6.07) is 22.4. The number of nitrogen functional groups attached to an aromatic ring is 1.